The van der Waals surface area contributed by atoms with Crippen molar-refractivity contribution in [2.45, 2.75) is 33.2 Å². The van der Waals surface area contributed by atoms with Crippen molar-refractivity contribution in [1.29, 1.82) is 0 Å². The van der Waals surface area contributed by atoms with Crippen LogP contribution in [0.4, 0.5) is 0 Å². The smallest absolute Gasteiger partial charge is 0.258 e. The molecule has 1 unspecified atom stereocenters. The summed E-state index contributed by atoms with van der Waals surface area (Å²) in [4.78, 5) is 19.5. The fraction of sp³-hybridized carbons (Fsp3) is 0.467. The second kappa shape index (κ2) is 6.37. The van der Waals surface area contributed by atoms with Crippen molar-refractivity contribution in [3.05, 3.63) is 39.4 Å². The van der Waals surface area contributed by atoms with Crippen LogP contribution in [-0.2, 0) is 0 Å². The minimum absolute atomic E-state index is 0.0495. The van der Waals surface area contributed by atoms with Gasteiger partial charge in [0.1, 0.15) is 5.82 Å². The molecule has 1 atom stereocenters. The number of nitrogens with zero attached hydrogens (tertiary/aromatic N) is 1. The zero-order valence-electron chi connectivity index (χ0n) is 12.0. The van der Waals surface area contributed by atoms with Gasteiger partial charge in [0, 0.05) is 5.02 Å². The molecule has 2 rings (SSSR count). The van der Waals surface area contributed by atoms with Gasteiger partial charge >= 0.3 is 0 Å². The van der Waals surface area contributed by atoms with Crippen molar-refractivity contribution in [3.8, 4) is 0 Å². The van der Waals surface area contributed by atoms with Crippen LogP contribution in [0.2, 0.25) is 5.02 Å². The predicted octanol–water partition coefficient (Wildman–Crippen LogP) is 3.27. The summed E-state index contributed by atoms with van der Waals surface area (Å²) in [6, 6.07) is 5.18. The first-order valence-corrected chi connectivity index (χ1v) is 7.32. The molecule has 0 spiro atoms. The highest BCUT2D eigenvalue weighted by atomic mass is 35.5. The van der Waals surface area contributed by atoms with Gasteiger partial charge in [-0.3, -0.25) is 4.79 Å². The second-order valence-electron chi connectivity index (χ2n) is 5.38. The maximum absolute atomic E-state index is 12.1. The number of fused-ring (bicyclic) bond motifs is 1. The first-order chi connectivity index (χ1) is 9.51. The Morgan fingerprint density at radius 3 is 2.80 bits per heavy atom. The summed E-state index contributed by atoms with van der Waals surface area (Å²) >= 11 is 5.97. The van der Waals surface area contributed by atoms with E-state index in [2.05, 4.69) is 36.1 Å². The zero-order valence-corrected chi connectivity index (χ0v) is 12.8. The first-order valence-electron chi connectivity index (χ1n) is 6.94. The Morgan fingerprint density at radius 2 is 2.15 bits per heavy atom. The van der Waals surface area contributed by atoms with E-state index in [0.29, 0.717) is 27.7 Å². The summed E-state index contributed by atoms with van der Waals surface area (Å²) in [6.07, 6.45) is 0.863. The third kappa shape index (κ3) is 3.38. The van der Waals surface area contributed by atoms with E-state index in [1.807, 2.05) is 0 Å². The van der Waals surface area contributed by atoms with Crippen LogP contribution in [0.15, 0.2) is 23.0 Å². The van der Waals surface area contributed by atoms with Crippen LogP contribution in [-0.4, -0.2) is 16.5 Å². The molecular weight excluding hydrogens is 274 g/mol. The van der Waals surface area contributed by atoms with Gasteiger partial charge in [0.25, 0.3) is 5.56 Å². The molecule has 4 nitrogen and oxygen atoms in total. The summed E-state index contributed by atoms with van der Waals surface area (Å²) in [5.74, 6) is 1.22. The Balaban J connectivity index is 2.40. The fourth-order valence-corrected chi connectivity index (χ4v) is 2.27. The summed E-state index contributed by atoms with van der Waals surface area (Å²) in [6.45, 7) is 7.25. The van der Waals surface area contributed by atoms with E-state index < -0.39 is 0 Å². The minimum atomic E-state index is -0.119. The molecule has 0 aliphatic heterocycles. The molecule has 0 saturated carbocycles. The third-order valence-electron chi connectivity index (χ3n) is 3.20. The molecule has 2 N–H and O–H groups in total. The lowest BCUT2D eigenvalue weighted by Crippen LogP contribution is -2.28. The van der Waals surface area contributed by atoms with Crippen molar-refractivity contribution in [2.75, 3.05) is 6.54 Å². The molecule has 0 saturated heterocycles. The normalized spacial score (nSPS) is 13.1. The Hall–Kier alpha value is -1.39. The lowest BCUT2D eigenvalue weighted by molar-refractivity contribution is 0.449. The first kappa shape index (κ1) is 15.0. The molecule has 0 aliphatic carbocycles. The monoisotopic (exact) mass is 293 g/mol. The maximum Gasteiger partial charge on any atom is 0.258 e. The predicted molar refractivity (Wildman–Crippen MR) is 83.2 cm³/mol. The van der Waals surface area contributed by atoms with Crippen LogP contribution in [0.5, 0.6) is 0 Å². The van der Waals surface area contributed by atoms with E-state index in [0.717, 1.165) is 13.0 Å². The molecule has 5 heteroatoms. The molecular formula is C15H20ClN3O. The highest BCUT2D eigenvalue weighted by Crippen LogP contribution is 2.17. The molecule has 0 aliphatic rings. The lowest BCUT2D eigenvalue weighted by atomic mass is 10.1. The highest BCUT2D eigenvalue weighted by molar-refractivity contribution is 6.31. The minimum Gasteiger partial charge on any atom is -0.309 e. The number of halogens is 1. The number of aromatic nitrogens is 2. The molecule has 1 aromatic carbocycles. The lowest BCUT2D eigenvalue weighted by Gasteiger charge is -2.18. The van der Waals surface area contributed by atoms with Crippen molar-refractivity contribution in [3.63, 3.8) is 0 Å². The van der Waals surface area contributed by atoms with Gasteiger partial charge in [-0.05, 0) is 37.1 Å². The average Bonchev–Trinajstić information content (AvgIpc) is 2.38. The number of hydrogen-bond acceptors (Lipinski definition) is 3. The van der Waals surface area contributed by atoms with Crippen molar-refractivity contribution in [2.24, 2.45) is 5.92 Å². The van der Waals surface area contributed by atoms with Crippen LogP contribution < -0.4 is 10.9 Å². The average molecular weight is 294 g/mol. The second-order valence-corrected chi connectivity index (χ2v) is 5.81. The Kier molecular flexibility index (Phi) is 4.78. The largest absolute Gasteiger partial charge is 0.309 e. The van der Waals surface area contributed by atoms with Crippen molar-refractivity contribution >= 4 is 22.5 Å². The molecule has 108 valence electrons. The Bertz CT molecular complexity index is 651. The van der Waals surface area contributed by atoms with Gasteiger partial charge in [0.05, 0.1) is 16.9 Å². The fourth-order valence-electron chi connectivity index (χ4n) is 2.11. The number of aromatic amines is 1. The molecule has 20 heavy (non-hydrogen) atoms. The van der Waals surface area contributed by atoms with Crippen LogP contribution in [0, 0.1) is 5.92 Å². The van der Waals surface area contributed by atoms with E-state index in [-0.39, 0.29) is 11.6 Å². The van der Waals surface area contributed by atoms with Crippen molar-refractivity contribution in [1.82, 2.24) is 15.3 Å². The molecule has 0 bridgehead atoms. The summed E-state index contributed by atoms with van der Waals surface area (Å²) < 4.78 is 0. The third-order valence-corrected chi connectivity index (χ3v) is 3.43. The topological polar surface area (TPSA) is 57.8 Å². The summed E-state index contributed by atoms with van der Waals surface area (Å²) in [5.41, 5.74) is 0.521. The number of H-pyrrole nitrogens is 1. The zero-order chi connectivity index (χ0) is 14.7. The van der Waals surface area contributed by atoms with E-state index in [1.165, 1.54) is 0 Å². The quantitative estimate of drug-likeness (QED) is 0.889. The standard InChI is InChI=1S/C15H20ClN3O/c1-4-12(17-8-9(2)3)14-18-13-7-10(16)5-6-11(13)15(20)19-14/h5-7,9,12,17H,4,8H2,1-3H3,(H,18,19,20). The number of rotatable bonds is 5. The van der Waals surface area contributed by atoms with Crippen LogP contribution in [0.3, 0.4) is 0 Å². The van der Waals surface area contributed by atoms with Crippen LogP contribution in [0.1, 0.15) is 39.1 Å². The van der Waals surface area contributed by atoms with Gasteiger partial charge in [0.2, 0.25) is 0 Å². The molecule has 1 heterocycles. The van der Waals surface area contributed by atoms with Gasteiger partial charge in [0.15, 0.2) is 0 Å². The molecule has 2 aromatic rings. The SMILES string of the molecule is CCC(NCC(C)C)c1nc2cc(Cl)ccc2c(=O)[nH]1. The van der Waals surface area contributed by atoms with E-state index in [1.54, 1.807) is 18.2 Å². The molecule has 0 amide bonds. The molecule has 1 aromatic heterocycles. The van der Waals surface area contributed by atoms with E-state index >= 15 is 0 Å². The number of nitrogens with one attached hydrogen (secondary N) is 2. The number of hydrogen-bond donors (Lipinski definition) is 2. The van der Waals surface area contributed by atoms with E-state index in [4.69, 9.17) is 11.6 Å². The highest BCUT2D eigenvalue weighted by Gasteiger charge is 2.14. The van der Waals surface area contributed by atoms with Crippen LogP contribution in [0.25, 0.3) is 10.9 Å². The molecule has 0 radical (unpaired) electrons. The molecule has 0 fully saturated rings. The van der Waals surface area contributed by atoms with Gasteiger partial charge < -0.3 is 10.3 Å². The van der Waals surface area contributed by atoms with E-state index in [9.17, 15) is 4.79 Å². The summed E-state index contributed by atoms with van der Waals surface area (Å²) in [7, 11) is 0. The van der Waals surface area contributed by atoms with Gasteiger partial charge in [-0.15, -0.1) is 0 Å². The summed E-state index contributed by atoms with van der Waals surface area (Å²) in [5, 5.41) is 4.58. The number of benzene rings is 1. The van der Waals surface area contributed by atoms with Gasteiger partial charge in [-0.1, -0.05) is 32.4 Å². The van der Waals surface area contributed by atoms with Gasteiger partial charge in [-0.25, -0.2) is 4.98 Å². The Morgan fingerprint density at radius 1 is 1.40 bits per heavy atom. The maximum atomic E-state index is 12.1. The van der Waals surface area contributed by atoms with Gasteiger partial charge in [-0.2, -0.15) is 0 Å². The van der Waals surface area contributed by atoms with Crippen LogP contribution >= 0.6 is 11.6 Å². The Labute approximate surface area is 123 Å². The van der Waals surface area contributed by atoms with Crippen molar-refractivity contribution < 1.29 is 0 Å².